The van der Waals surface area contributed by atoms with Gasteiger partial charge in [-0.25, -0.2) is 15.0 Å². The Labute approximate surface area is 175 Å². The van der Waals surface area contributed by atoms with Crippen molar-refractivity contribution in [1.82, 2.24) is 24.8 Å². The number of fused-ring (bicyclic) bond motifs is 2. The van der Waals surface area contributed by atoms with Crippen LogP contribution in [-0.4, -0.2) is 49.4 Å². The molecule has 3 unspecified atom stereocenters. The van der Waals surface area contributed by atoms with Crippen LogP contribution in [0.25, 0.3) is 11.4 Å². The van der Waals surface area contributed by atoms with Gasteiger partial charge in [-0.2, -0.15) is 0 Å². The second-order valence-electron chi connectivity index (χ2n) is 8.14. The van der Waals surface area contributed by atoms with E-state index in [1.807, 2.05) is 36.9 Å². The maximum Gasteiger partial charge on any atom is 0.254 e. The van der Waals surface area contributed by atoms with E-state index in [0.717, 1.165) is 36.2 Å². The first-order valence-electron chi connectivity index (χ1n) is 10.2. The van der Waals surface area contributed by atoms with E-state index in [1.54, 1.807) is 30.9 Å². The number of nitrogens with zero attached hydrogens (tertiary/aromatic N) is 5. The van der Waals surface area contributed by atoms with Gasteiger partial charge in [0, 0.05) is 24.5 Å². The van der Waals surface area contributed by atoms with Gasteiger partial charge in [0.2, 0.25) is 5.88 Å². The number of benzene rings is 1. The third-order valence-corrected chi connectivity index (χ3v) is 5.93. The second kappa shape index (κ2) is 7.48. The van der Waals surface area contributed by atoms with Crippen LogP contribution in [0.5, 0.6) is 5.88 Å². The van der Waals surface area contributed by atoms with E-state index in [2.05, 4.69) is 19.9 Å². The van der Waals surface area contributed by atoms with Crippen molar-refractivity contribution in [3.8, 4) is 17.3 Å². The van der Waals surface area contributed by atoms with Crippen LogP contribution in [0.1, 0.15) is 34.5 Å². The Morgan fingerprint density at radius 1 is 1.07 bits per heavy atom. The van der Waals surface area contributed by atoms with Crippen LogP contribution < -0.4 is 4.74 Å². The number of carbonyl (C=O) groups excluding carboxylic acids is 1. The number of aryl methyl sites for hydroxylation is 2. The average molecular weight is 401 g/mol. The molecule has 0 N–H and O–H groups in total. The molecule has 30 heavy (non-hydrogen) atoms. The van der Waals surface area contributed by atoms with Gasteiger partial charge in [-0.15, -0.1) is 0 Å². The minimum Gasteiger partial charge on any atom is -0.471 e. The molecular formula is C23H23N5O2. The summed E-state index contributed by atoms with van der Waals surface area (Å²) in [5.74, 6) is 1.54. The van der Waals surface area contributed by atoms with E-state index in [9.17, 15) is 4.79 Å². The number of hydrogen-bond acceptors (Lipinski definition) is 6. The lowest BCUT2D eigenvalue weighted by molar-refractivity contribution is 0.0466. The fourth-order valence-corrected chi connectivity index (χ4v) is 4.55. The summed E-state index contributed by atoms with van der Waals surface area (Å²) in [5, 5.41) is 0. The van der Waals surface area contributed by atoms with Crippen molar-refractivity contribution in [2.75, 3.05) is 6.54 Å². The Hall–Kier alpha value is -3.35. The van der Waals surface area contributed by atoms with E-state index in [4.69, 9.17) is 4.74 Å². The molecule has 1 aliphatic heterocycles. The van der Waals surface area contributed by atoms with Crippen LogP contribution in [0, 0.1) is 19.8 Å². The van der Waals surface area contributed by atoms with E-state index in [1.165, 1.54) is 0 Å². The third-order valence-electron chi connectivity index (χ3n) is 5.93. The zero-order valence-corrected chi connectivity index (χ0v) is 17.0. The summed E-state index contributed by atoms with van der Waals surface area (Å²) >= 11 is 0. The normalized spacial score (nSPS) is 22.3. The quantitative estimate of drug-likeness (QED) is 0.668. The highest BCUT2D eigenvalue weighted by Crippen LogP contribution is 2.40. The lowest BCUT2D eigenvalue weighted by Gasteiger charge is -2.33. The molecule has 2 aliphatic rings. The van der Waals surface area contributed by atoms with E-state index in [-0.39, 0.29) is 18.1 Å². The van der Waals surface area contributed by atoms with Gasteiger partial charge in [0.15, 0.2) is 5.82 Å². The number of aromatic nitrogens is 4. The van der Waals surface area contributed by atoms with Crippen molar-refractivity contribution < 1.29 is 9.53 Å². The van der Waals surface area contributed by atoms with E-state index < -0.39 is 0 Å². The van der Waals surface area contributed by atoms with Crippen molar-refractivity contribution in [3.63, 3.8) is 0 Å². The van der Waals surface area contributed by atoms with Crippen molar-refractivity contribution in [2.24, 2.45) is 5.92 Å². The molecule has 1 aromatic carbocycles. The Balaban J connectivity index is 1.41. The third kappa shape index (κ3) is 3.40. The number of carbonyl (C=O) groups is 1. The molecule has 7 nitrogen and oxygen atoms in total. The number of rotatable bonds is 4. The molecule has 1 aliphatic carbocycles. The molecule has 5 rings (SSSR count). The average Bonchev–Trinajstić information content (AvgIpc) is 3.36. The maximum atomic E-state index is 13.6. The highest BCUT2D eigenvalue weighted by atomic mass is 16.5. The van der Waals surface area contributed by atoms with Crippen LogP contribution in [0.15, 0.2) is 49.1 Å². The highest BCUT2D eigenvalue weighted by molar-refractivity contribution is 6.00. The zero-order chi connectivity index (χ0) is 20.7. The maximum absolute atomic E-state index is 13.6. The van der Waals surface area contributed by atoms with Crippen LogP contribution in [-0.2, 0) is 0 Å². The summed E-state index contributed by atoms with van der Waals surface area (Å²) in [6.45, 7) is 4.65. The van der Waals surface area contributed by atoms with Gasteiger partial charge in [-0.05, 0) is 50.8 Å². The molecule has 1 amide bonds. The smallest absolute Gasteiger partial charge is 0.254 e. The summed E-state index contributed by atoms with van der Waals surface area (Å²) < 4.78 is 6.12. The van der Waals surface area contributed by atoms with Crippen LogP contribution in [0.2, 0.25) is 0 Å². The Kier molecular flexibility index (Phi) is 4.65. The summed E-state index contributed by atoms with van der Waals surface area (Å²) in [5.41, 5.74) is 3.32. The molecule has 1 saturated carbocycles. The van der Waals surface area contributed by atoms with Crippen LogP contribution in [0.3, 0.4) is 0 Å². The predicted molar refractivity (Wildman–Crippen MR) is 111 cm³/mol. The SMILES string of the molecule is Cc1ccc(C(=O)N2CC3CC(Oc4cnc(C)cn4)C2C3)c(-c2ncccn2)c1. The first kappa shape index (κ1) is 18.7. The fourth-order valence-electron chi connectivity index (χ4n) is 4.55. The van der Waals surface area contributed by atoms with Crippen molar-refractivity contribution in [1.29, 1.82) is 0 Å². The van der Waals surface area contributed by atoms with Gasteiger partial charge in [-0.3, -0.25) is 9.78 Å². The minimum absolute atomic E-state index is 0.00763. The van der Waals surface area contributed by atoms with E-state index >= 15 is 0 Å². The van der Waals surface area contributed by atoms with Gasteiger partial charge in [-0.1, -0.05) is 11.6 Å². The number of hydrogen-bond donors (Lipinski definition) is 0. The molecule has 2 aromatic heterocycles. The molecule has 1 saturated heterocycles. The van der Waals surface area contributed by atoms with Crippen LogP contribution >= 0.6 is 0 Å². The van der Waals surface area contributed by atoms with Crippen molar-refractivity contribution >= 4 is 5.91 Å². The molecule has 3 atom stereocenters. The predicted octanol–water partition coefficient (Wildman–Crippen LogP) is 3.23. The molecule has 0 spiro atoms. The topological polar surface area (TPSA) is 81.1 Å². The first-order chi connectivity index (χ1) is 14.6. The zero-order valence-electron chi connectivity index (χ0n) is 17.0. The molecule has 2 fully saturated rings. The second-order valence-corrected chi connectivity index (χ2v) is 8.14. The number of piperidine rings is 1. The molecule has 2 bridgehead atoms. The van der Waals surface area contributed by atoms with E-state index in [0.29, 0.717) is 23.2 Å². The molecule has 7 heteroatoms. The summed E-state index contributed by atoms with van der Waals surface area (Å²) in [6, 6.07) is 7.64. The summed E-state index contributed by atoms with van der Waals surface area (Å²) in [6.07, 6.45) is 8.58. The molecule has 152 valence electrons. The van der Waals surface area contributed by atoms with Gasteiger partial charge >= 0.3 is 0 Å². The standard InChI is InChI=1S/C23H23N5O2/c1-14-4-5-17(18(8-14)22-24-6-3-7-25-22)23(29)28-13-16-9-19(28)20(10-16)30-21-12-26-15(2)11-27-21/h3-8,11-12,16,19-20H,9-10,13H2,1-2H3. The number of likely N-dealkylation sites (tertiary alicyclic amines) is 1. The van der Waals surface area contributed by atoms with Gasteiger partial charge in [0.25, 0.3) is 5.91 Å². The Bertz CT molecular complexity index is 1070. The van der Waals surface area contributed by atoms with Crippen LogP contribution in [0.4, 0.5) is 0 Å². The van der Waals surface area contributed by atoms with Crippen molar-refractivity contribution in [3.05, 3.63) is 65.9 Å². The number of amides is 1. The van der Waals surface area contributed by atoms with Gasteiger partial charge in [0.1, 0.15) is 6.10 Å². The molecular weight excluding hydrogens is 378 g/mol. The van der Waals surface area contributed by atoms with Gasteiger partial charge in [0.05, 0.1) is 29.7 Å². The minimum atomic E-state index is -0.0634. The monoisotopic (exact) mass is 401 g/mol. The van der Waals surface area contributed by atoms with Crippen molar-refractivity contribution in [2.45, 2.75) is 38.8 Å². The highest BCUT2D eigenvalue weighted by Gasteiger charge is 2.48. The fraction of sp³-hybridized carbons (Fsp3) is 0.348. The summed E-state index contributed by atoms with van der Waals surface area (Å²) in [7, 11) is 0. The number of ether oxygens (including phenoxy) is 1. The lowest BCUT2D eigenvalue weighted by Crippen LogP contribution is -2.47. The first-order valence-corrected chi connectivity index (χ1v) is 10.2. The molecule has 3 heterocycles. The van der Waals surface area contributed by atoms with Gasteiger partial charge < -0.3 is 9.64 Å². The Morgan fingerprint density at radius 3 is 2.63 bits per heavy atom. The summed E-state index contributed by atoms with van der Waals surface area (Å²) in [4.78, 5) is 32.8. The Morgan fingerprint density at radius 2 is 1.90 bits per heavy atom. The molecule has 3 aromatic rings. The largest absolute Gasteiger partial charge is 0.471 e. The molecule has 0 radical (unpaired) electrons. The lowest BCUT2D eigenvalue weighted by atomic mass is 10.0.